The summed E-state index contributed by atoms with van der Waals surface area (Å²) < 4.78 is 16.1. The van der Waals surface area contributed by atoms with Crippen LogP contribution >= 0.6 is 0 Å². The average molecular weight is 326 g/mol. The highest BCUT2D eigenvalue weighted by Gasteiger charge is 2.14. The maximum absolute atomic E-state index is 11.3. The zero-order valence-electron chi connectivity index (χ0n) is 13.8. The number of benzene rings is 3. The third kappa shape index (κ3) is 2.69. The minimum Gasteiger partial charge on any atom is -0.497 e. The number of carboxylic acid groups (broad SMARTS) is 1. The van der Waals surface area contributed by atoms with Gasteiger partial charge in [-0.1, -0.05) is 6.07 Å². The Morgan fingerprint density at radius 3 is 2.12 bits per heavy atom. The number of methoxy groups -OCH3 is 3. The van der Waals surface area contributed by atoms with E-state index in [0.29, 0.717) is 11.5 Å². The molecule has 0 atom stereocenters. The molecular formula is C19H18O5. The molecule has 0 fully saturated rings. The molecule has 3 aromatic carbocycles. The molecule has 0 aromatic heterocycles. The molecule has 0 aliphatic heterocycles. The molecular weight excluding hydrogens is 308 g/mol. The quantitative estimate of drug-likeness (QED) is 0.725. The van der Waals surface area contributed by atoms with Crippen LogP contribution in [0.15, 0.2) is 36.4 Å². The zero-order chi connectivity index (χ0) is 17.3. The molecule has 0 heterocycles. The molecule has 0 spiro atoms. The molecule has 0 amide bonds. The van der Waals surface area contributed by atoms with Gasteiger partial charge in [0.2, 0.25) is 0 Å². The van der Waals surface area contributed by atoms with Crippen LogP contribution < -0.4 is 14.2 Å². The van der Waals surface area contributed by atoms with Gasteiger partial charge in [-0.2, -0.15) is 0 Å². The second-order valence-electron chi connectivity index (χ2n) is 5.45. The molecule has 0 aliphatic rings. The Hall–Kier alpha value is -2.95. The molecule has 5 heteroatoms. The van der Waals surface area contributed by atoms with Gasteiger partial charge in [0.1, 0.15) is 5.75 Å². The Labute approximate surface area is 139 Å². The SMILES string of the molecule is COc1ccc2cc(CC(=O)O)c3cc(OC)c(OC)cc3c2c1. The predicted octanol–water partition coefficient (Wildman–Crippen LogP) is 3.65. The Kier molecular flexibility index (Phi) is 4.16. The van der Waals surface area contributed by atoms with E-state index < -0.39 is 5.97 Å². The lowest BCUT2D eigenvalue weighted by Gasteiger charge is -2.14. The summed E-state index contributed by atoms with van der Waals surface area (Å²) in [4.78, 5) is 11.3. The molecule has 0 aliphatic carbocycles. The molecule has 124 valence electrons. The Morgan fingerprint density at radius 2 is 1.54 bits per heavy atom. The number of hydrogen-bond donors (Lipinski definition) is 1. The summed E-state index contributed by atoms with van der Waals surface area (Å²) in [6, 6.07) is 11.3. The van der Waals surface area contributed by atoms with E-state index in [1.165, 1.54) is 0 Å². The van der Waals surface area contributed by atoms with Crippen molar-refractivity contribution in [2.45, 2.75) is 6.42 Å². The van der Waals surface area contributed by atoms with Crippen molar-refractivity contribution in [1.29, 1.82) is 0 Å². The summed E-state index contributed by atoms with van der Waals surface area (Å²) in [6.07, 6.45) is -0.0616. The number of rotatable bonds is 5. The standard InChI is InChI=1S/C19H18O5/c1-22-13-5-4-11-6-12(7-19(20)21)15-9-17(23-2)18(24-3)10-16(15)14(11)8-13/h4-6,8-10H,7H2,1-3H3,(H,20,21). The van der Waals surface area contributed by atoms with Crippen molar-refractivity contribution in [3.8, 4) is 17.2 Å². The maximum atomic E-state index is 11.3. The molecule has 24 heavy (non-hydrogen) atoms. The van der Waals surface area contributed by atoms with Gasteiger partial charge in [-0.3, -0.25) is 4.79 Å². The first kappa shape index (κ1) is 15.9. The minimum atomic E-state index is -0.876. The van der Waals surface area contributed by atoms with Gasteiger partial charge >= 0.3 is 5.97 Å². The molecule has 3 rings (SSSR count). The normalized spacial score (nSPS) is 10.8. The highest BCUT2D eigenvalue weighted by molar-refractivity contribution is 6.11. The third-order valence-corrected chi connectivity index (χ3v) is 4.09. The van der Waals surface area contributed by atoms with Crippen LogP contribution in [0.25, 0.3) is 21.5 Å². The van der Waals surface area contributed by atoms with Crippen LogP contribution in [0.5, 0.6) is 17.2 Å². The van der Waals surface area contributed by atoms with E-state index in [1.807, 2.05) is 36.4 Å². The lowest BCUT2D eigenvalue weighted by molar-refractivity contribution is -0.136. The first-order valence-corrected chi connectivity index (χ1v) is 7.44. The molecule has 0 saturated heterocycles. The van der Waals surface area contributed by atoms with Crippen LogP contribution in [0.3, 0.4) is 0 Å². The van der Waals surface area contributed by atoms with Crippen LogP contribution in [0.4, 0.5) is 0 Å². The van der Waals surface area contributed by atoms with Crippen molar-refractivity contribution in [2.75, 3.05) is 21.3 Å². The van der Waals surface area contributed by atoms with E-state index in [-0.39, 0.29) is 6.42 Å². The number of aliphatic carboxylic acids is 1. The van der Waals surface area contributed by atoms with Gasteiger partial charge < -0.3 is 19.3 Å². The van der Waals surface area contributed by atoms with E-state index >= 15 is 0 Å². The Morgan fingerprint density at radius 1 is 0.875 bits per heavy atom. The van der Waals surface area contributed by atoms with Crippen molar-refractivity contribution in [2.24, 2.45) is 0 Å². The van der Waals surface area contributed by atoms with Crippen molar-refractivity contribution >= 4 is 27.5 Å². The third-order valence-electron chi connectivity index (χ3n) is 4.09. The van der Waals surface area contributed by atoms with E-state index in [9.17, 15) is 9.90 Å². The van der Waals surface area contributed by atoms with E-state index in [4.69, 9.17) is 14.2 Å². The van der Waals surface area contributed by atoms with E-state index in [2.05, 4.69) is 0 Å². The molecule has 5 nitrogen and oxygen atoms in total. The number of carboxylic acids is 1. The number of carbonyl (C=O) groups is 1. The van der Waals surface area contributed by atoms with Crippen molar-refractivity contribution in [3.63, 3.8) is 0 Å². The maximum Gasteiger partial charge on any atom is 0.307 e. The van der Waals surface area contributed by atoms with Gasteiger partial charge in [0.05, 0.1) is 27.8 Å². The van der Waals surface area contributed by atoms with Gasteiger partial charge in [-0.05, 0) is 57.4 Å². The fourth-order valence-electron chi connectivity index (χ4n) is 2.96. The smallest absolute Gasteiger partial charge is 0.307 e. The van der Waals surface area contributed by atoms with Gasteiger partial charge in [0.25, 0.3) is 0 Å². The van der Waals surface area contributed by atoms with Crippen LogP contribution in [-0.4, -0.2) is 32.4 Å². The fourth-order valence-corrected chi connectivity index (χ4v) is 2.96. The summed E-state index contributed by atoms with van der Waals surface area (Å²) >= 11 is 0. The molecule has 3 aromatic rings. The lowest BCUT2D eigenvalue weighted by atomic mass is 9.95. The Bertz CT molecular complexity index is 930. The highest BCUT2D eigenvalue weighted by atomic mass is 16.5. The van der Waals surface area contributed by atoms with Crippen LogP contribution in [0.2, 0.25) is 0 Å². The van der Waals surface area contributed by atoms with Crippen LogP contribution in [0.1, 0.15) is 5.56 Å². The summed E-state index contributed by atoms with van der Waals surface area (Å²) in [6.45, 7) is 0. The largest absolute Gasteiger partial charge is 0.497 e. The molecule has 0 bridgehead atoms. The monoisotopic (exact) mass is 326 g/mol. The second kappa shape index (κ2) is 6.28. The predicted molar refractivity (Wildman–Crippen MR) is 92.4 cm³/mol. The number of hydrogen-bond acceptors (Lipinski definition) is 4. The van der Waals surface area contributed by atoms with Crippen LogP contribution in [-0.2, 0) is 11.2 Å². The second-order valence-corrected chi connectivity index (χ2v) is 5.45. The summed E-state index contributed by atoms with van der Waals surface area (Å²) in [5.74, 6) is 1.03. The zero-order valence-corrected chi connectivity index (χ0v) is 13.8. The van der Waals surface area contributed by atoms with Crippen LogP contribution in [0, 0.1) is 0 Å². The minimum absolute atomic E-state index is 0.0616. The first-order valence-electron chi connectivity index (χ1n) is 7.44. The summed E-state index contributed by atoms with van der Waals surface area (Å²) in [5, 5.41) is 12.9. The van der Waals surface area contributed by atoms with Gasteiger partial charge in [0, 0.05) is 0 Å². The molecule has 0 radical (unpaired) electrons. The van der Waals surface area contributed by atoms with Crippen molar-refractivity contribution in [3.05, 3.63) is 42.0 Å². The van der Waals surface area contributed by atoms with E-state index in [1.54, 1.807) is 21.3 Å². The molecule has 0 saturated carbocycles. The van der Waals surface area contributed by atoms with Gasteiger partial charge in [-0.25, -0.2) is 0 Å². The molecule has 0 unspecified atom stereocenters. The summed E-state index contributed by atoms with van der Waals surface area (Å²) in [7, 11) is 4.75. The molecule has 1 N–H and O–H groups in total. The topological polar surface area (TPSA) is 65.0 Å². The van der Waals surface area contributed by atoms with Gasteiger partial charge in [0.15, 0.2) is 11.5 Å². The van der Waals surface area contributed by atoms with Gasteiger partial charge in [-0.15, -0.1) is 0 Å². The van der Waals surface area contributed by atoms with E-state index in [0.717, 1.165) is 32.9 Å². The van der Waals surface area contributed by atoms with Crippen molar-refractivity contribution < 1.29 is 24.1 Å². The fraction of sp³-hybridized carbons (Fsp3) is 0.211. The highest BCUT2D eigenvalue weighted by Crippen LogP contribution is 2.38. The summed E-state index contributed by atoms with van der Waals surface area (Å²) in [5.41, 5.74) is 0.733. The number of fused-ring (bicyclic) bond motifs is 3. The lowest BCUT2D eigenvalue weighted by Crippen LogP contribution is -2.01. The Balaban J connectivity index is 2.43. The van der Waals surface area contributed by atoms with Crippen molar-refractivity contribution in [1.82, 2.24) is 0 Å². The average Bonchev–Trinajstić information content (AvgIpc) is 2.59. The first-order chi connectivity index (χ1) is 11.6. The number of ether oxygens (including phenoxy) is 3.